The SMILES string of the molecule is FC(F)(F)c1ccc(CN2CCN(c3ccnc(N4CCOCC4)n3)CC2)cn1. The minimum absolute atomic E-state index is 0.585. The summed E-state index contributed by atoms with van der Waals surface area (Å²) in [5.41, 5.74) is -0.0750. The lowest BCUT2D eigenvalue weighted by molar-refractivity contribution is -0.141. The fourth-order valence-corrected chi connectivity index (χ4v) is 3.51. The molecule has 29 heavy (non-hydrogen) atoms. The standard InChI is InChI=1S/C19H23F3N6O/c20-19(21,22)16-2-1-15(13-24-16)14-26-5-7-27(8-6-26)17-3-4-23-18(25-17)28-9-11-29-12-10-28/h1-4,13H,5-12,14H2. The van der Waals surface area contributed by atoms with Crippen LogP contribution >= 0.6 is 0 Å². The van der Waals surface area contributed by atoms with E-state index in [-0.39, 0.29) is 0 Å². The maximum Gasteiger partial charge on any atom is 0.433 e. The van der Waals surface area contributed by atoms with Crippen LogP contribution in [0.15, 0.2) is 30.6 Å². The molecular formula is C19H23F3N6O. The van der Waals surface area contributed by atoms with Crippen molar-refractivity contribution in [1.29, 1.82) is 0 Å². The Morgan fingerprint density at radius 3 is 2.31 bits per heavy atom. The largest absolute Gasteiger partial charge is 0.433 e. The van der Waals surface area contributed by atoms with Gasteiger partial charge in [0.2, 0.25) is 5.95 Å². The molecule has 2 saturated heterocycles. The van der Waals surface area contributed by atoms with Crippen molar-refractivity contribution in [2.75, 3.05) is 62.3 Å². The number of hydrogen-bond acceptors (Lipinski definition) is 7. The summed E-state index contributed by atoms with van der Waals surface area (Å²) in [6, 6.07) is 4.46. The maximum atomic E-state index is 12.6. The van der Waals surface area contributed by atoms with Crippen molar-refractivity contribution in [1.82, 2.24) is 19.9 Å². The summed E-state index contributed by atoms with van der Waals surface area (Å²) in [4.78, 5) is 19.2. The zero-order valence-corrected chi connectivity index (χ0v) is 16.0. The van der Waals surface area contributed by atoms with Crippen molar-refractivity contribution in [2.45, 2.75) is 12.7 Å². The fraction of sp³-hybridized carbons (Fsp3) is 0.526. The van der Waals surface area contributed by atoms with E-state index in [2.05, 4.69) is 24.7 Å². The Morgan fingerprint density at radius 2 is 1.66 bits per heavy atom. The number of piperazine rings is 1. The highest BCUT2D eigenvalue weighted by molar-refractivity contribution is 5.44. The summed E-state index contributed by atoms with van der Waals surface area (Å²) >= 11 is 0. The summed E-state index contributed by atoms with van der Waals surface area (Å²) in [5, 5.41) is 0. The number of alkyl halides is 3. The van der Waals surface area contributed by atoms with Crippen LogP contribution < -0.4 is 9.80 Å². The van der Waals surface area contributed by atoms with Crippen LogP contribution in [0.5, 0.6) is 0 Å². The minimum atomic E-state index is -4.40. The van der Waals surface area contributed by atoms with E-state index in [0.717, 1.165) is 62.7 Å². The lowest BCUT2D eigenvalue weighted by Gasteiger charge is -2.36. The number of rotatable bonds is 4. The number of nitrogens with zero attached hydrogens (tertiary/aromatic N) is 6. The second-order valence-electron chi connectivity index (χ2n) is 7.13. The predicted octanol–water partition coefficient (Wildman–Crippen LogP) is 2.05. The van der Waals surface area contributed by atoms with E-state index in [0.29, 0.717) is 19.8 Å². The molecule has 0 aliphatic carbocycles. The summed E-state index contributed by atoms with van der Waals surface area (Å²) in [7, 11) is 0. The van der Waals surface area contributed by atoms with E-state index in [9.17, 15) is 13.2 Å². The normalized spacial score (nSPS) is 18.9. The van der Waals surface area contributed by atoms with Crippen LogP contribution in [-0.4, -0.2) is 72.3 Å². The Bertz CT molecular complexity index is 802. The molecule has 2 fully saturated rings. The van der Waals surface area contributed by atoms with Gasteiger partial charge in [-0.25, -0.2) is 4.98 Å². The molecule has 156 valence electrons. The van der Waals surface area contributed by atoms with Crippen molar-refractivity contribution < 1.29 is 17.9 Å². The second-order valence-corrected chi connectivity index (χ2v) is 7.13. The number of ether oxygens (including phenoxy) is 1. The summed E-state index contributed by atoms with van der Waals surface area (Å²) in [6.07, 6.45) is -1.30. The summed E-state index contributed by atoms with van der Waals surface area (Å²) < 4.78 is 43.3. The molecule has 0 amide bonds. The third-order valence-electron chi connectivity index (χ3n) is 5.14. The lowest BCUT2D eigenvalue weighted by atomic mass is 10.2. The van der Waals surface area contributed by atoms with Crippen LogP contribution in [0, 0.1) is 0 Å². The van der Waals surface area contributed by atoms with Gasteiger partial charge in [-0.3, -0.25) is 9.88 Å². The molecular weight excluding hydrogens is 385 g/mol. The van der Waals surface area contributed by atoms with Crippen LogP contribution in [0.25, 0.3) is 0 Å². The highest BCUT2D eigenvalue weighted by Crippen LogP contribution is 2.27. The molecule has 4 heterocycles. The smallest absolute Gasteiger partial charge is 0.378 e. The van der Waals surface area contributed by atoms with E-state index in [1.807, 2.05) is 6.07 Å². The zero-order chi connectivity index (χ0) is 20.3. The molecule has 0 aromatic carbocycles. The Labute approximate surface area is 167 Å². The highest BCUT2D eigenvalue weighted by Gasteiger charge is 2.32. The van der Waals surface area contributed by atoms with Crippen LogP contribution in [0.1, 0.15) is 11.3 Å². The number of morpholine rings is 1. The van der Waals surface area contributed by atoms with Gasteiger partial charge in [-0.2, -0.15) is 18.2 Å². The van der Waals surface area contributed by atoms with Gasteiger partial charge in [0.05, 0.1) is 13.2 Å². The van der Waals surface area contributed by atoms with Crippen molar-refractivity contribution >= 4 is 11.8 Å². The third kappa shape index (κ3) is 4.94. The fourth-order valence-electron chi connectivity index (χ4n) is 3.51. The number of pyridine rings is 1. The van der Waals surface area contributed by atoms with Crippen LogP contribution in [0.4, 0.5) is 24.9 Å². The summed E-state index contributed by atoms with van der Waals surface area (Å²) in [5.74, 6) is 1.63. The molecule has 0 unspecified atom stereocenters. The average Bonchev–Trinajstić information content (AvgIpc) is 2.75. The number of aromatic nitrogens is 3. The summed E-state index contributed by atoms with van der Waals surface area (Å²) in [6.45, 7) is 6.74. The van der Waals surface area contributed by atoms with Gasteiger partial charge in [0.1, 0.15) is 11.5 Å². The van der Waals surface area contributed by atoms with Crippen molar-refractivity contribution in [3.63, 3.8) is 0 Å². The second kappa shape index (κ2) is 8.50. The highest BCUT2D eigenvalue weighted by atomic mass is 19.4. The van der Waals surface area contributed by atoms with Gasteiger partial charge < -0.3 is 14.5 Å². The van der Waals surface area contributed by atoms with Gasteiger partial charge in [0.15, 0.2) is 0 Å². The molecule has 4 rings (SSSR count). The Balaban J connectivity index is 1.32. The molecule has 2 aliphatic rings. The van der Waals surface area contributed by atoms with Crippen LogP contribution in [0.2, 0.25) is 0 Å². The van der Waals surface area contributed by atoms with E-state index < -0.39 is 11.9 Å². The first-order chi connectivity index (χ1) is 14.0. The van der Waals surface area contributed by atoms with E-state index in [4.69, 9.17) is 9.72 Å². The molecule has 10 heteroatoms. The van der Waals surface area contributed by atoms with Crippen molar-refractivity contribution in [3.8, 4) is 0 Å². The third-order valence-corrected chi connectivity index (χ3v) is 5.14. The molecule has 0 bridgehead atoms. The lowest BCUT2D eigenvalue weighted by Crippen LogP contribution is -2.46. The molecule has 2 aromatic rings. The first-order valence-corrected chi connectivity index (χ1v) is 9.64. The van der Waals surface area contributed by atoms with Gasteiger partial charge in [0.25, 0.3) is 0 Å². The average molecular weight is 408 g/mol. The van der Waals surface area contributed by atoms with E-state index >= 15 is 0 Å². The van der Waals surface area contributed by atoms with Crippen molar-refractivity contribution in [2.24, 2.45) is 0 Å². The predicted molar refractivity (Wildman–Crippen MR) is 102 cm³/mol. The van der Waals surface area contributed by atoms with Gasteiger partial charge in [-0.05, 0) is 17.7 Å². The molecule has 2 aromatic heterocycles. The van der Waals surface area contributed by atoms with Gasteiger partial charge in [0, 0.05) is 58.2 Å². The minimum Gasteiger partial charge on any atom is -0.378 e. The Hall–Kier alpha value is -2.46. The molecule has 7 nitrogen and oxygen atoms in total. The molecule has 0 spiro atoms. The number of hydrogen-bond donors (Lipinski definition) is 0. The molecule has 2 aliphatic heterocycles. The van der Waals surface area contributed by atoms with Gasteiger partial charge >= 0.3 is 6.18 Å². The maximum absolute atomic E-state index is 12.6. The monoisotopic (exact) mass is 408 g/mol. The molecule has 0 N–H and O–H groups in total. The van der Waals surface area contributed by atoms with E-state index in [1.165, 1.54) is 12.3 Å². The number of halogens is 3. The zero-order valence-electron chi connectivity index (χ0n) is 16.0. The first kappa shape index (κ1) is 19.8. The Morgan fingerprint density at radius 1 is 0.897 bits per heavy atom. The van der Waals surface area contributed by atoms with Gasteiger partial charge in [-0.1, -0.05) is 6.07 Å². The quantitative estimate of drug-likeness (QED) is 0.768. The van der Waals surface area contributed by atoms with Crippen molar-refractivity contribution in [3.05, 3.63) is 41.9 Å². The first-order valence-electron chi connectivity index (χ1n) is 9.64. The Kier molecular flexibility index (Phi) is 5.81. The topological polar surface area (TPSA) is 57.6 Å². The van der Waals surface area contributed by atoms with Crippen LogP contribution in [0.3, 0.4) is 0 Å². The van der Waals surface area contributed by atoms with Crippen LogP contribution in [-0.2, 0) is 17.5 Å². The van der Waals surface area contributed by atoms with Gasteiger partial charge in [-0.15, -0.1) is 0 Å². The van der Waals surface area contributed by atoms with E-state index in [1.54, 1.807) is 6.20 Å². The molecule has 0 saturated carbocycles. The molecule has 0 atom stereocenters. The number of anilines is 2. The molecule has 0 radical (unpaired) electrons.